The van der Waals surface area contributed by atoms with Gasteiger partial charge in [0.2, 0.25) is 11.9 Å². The molecule has 1 saturated carbocycles. The summed E-state index contributed by atoms with van der Waals surface area (Å²) in [7, 11) is 0. The Morgan fingerprint density at radius 3 is 2.77 bits per heavy atom. The number of hydrogen-bond acceptors (Lipinski definition) is 2. The molecule has 22 heavy (non-hydrogen) atoms. The minimum absolute atomic E-state index is 0.0102. The van der Waals surface area contributed by atoms with Gasteiger partial charge in [0.15, 0.2) is 0 Å². The molecule has 1 heterocycles. The second kappa shape index (κ2) is 5.14. The maximum Gasteiger partial charge on any atom is 0.230 e. The second-order valence-corrected chi connectivity index (χ2v) is 5.97. The number of carbonyl (C=O) groups excluding carboxylic acids is 1. The zero-order chi connectivity index (χ0) is 15.1. The van der Waals surface area contributed by atoms with Crippen LogP contribution in [0.15, 0.2) is 48.5 Å². The van der Waals surface area contributed by atoms with Gasteiger partial charge in [-0.25, -0.2) is 4.98 Å². The van der Waals surface area contributed by atoms with E-state index in [2.05, 4.69) is 15.3 Å². The number of rotatable bonds is 3. The van der Waals surface area contributed by atoms with Crippen LogP contribution in [0, 0.1) is 5.92 Å². The maximum absolute atomic E-state index is 12.3. The van der Waals surface area contributed by atoms with Crippen molar-refractivity contribution in [3.05, 3.63) is 59.1 Å². The Morgan fingerprint density at radius 1 is 1.18 bits per heavy atom. The molecule has 2 aromatic carbocycles. The van der Waals surface area contributed by atoms with Gasteiger partial charge in [0, 0.05) is 10.9 Å². The van der Waals surface area contributed by atoms with Gasteiger partial charge in [0.05, 0.1) is 11.0 Å². The highest BCUT2D eigenvalue weighted by Crippen LogP contribution is 2.49. The lowest BCUT2D eigenvalue weighted by Crippen LogP contribution is -2.15. The van der Waals surface area contributed by atoms with Gasteiger partial charge in [-0.3, -0.25) is 10.1 Å². The largest absolute Gasteiger partial charge is 0.324 e. The predicted octanol–water partition coefficient (Wildman–Crippen LogP) is 3.96. The fourth-order valence-electron chi connectivity index (χ4n) is 2.83. The fourth-order valence-corrected chi connectivity index (χ4v) is 3.10. The van der Waals surface area contributed by atoms with Crippen LogP contribution in [0.2, 0.25) is 5.02 Å². The first kappa shape index (κ1) is 13.3. The van der Waals surface area contributed by atoms with Crippen molar-refractivity contribution in [3.8, 4) is 0 Å². The minimum Gasteiger partial charge on any atom is -0.324 e. The number of halogens is 1. The zero-order valence-electron chi connectivity index (χ0n) is 11.7. The third-order valence-electron chi connectivity index (χ3n) is 4.06. The highest BCUT2D eigenvalue weighted by molar-refractivity contribution is 6.31. The number of para-hydroxylation sites is 2. The van der Waals surface area contributed by atoms with Crippen LogP contribution in [0.25, 0.3) is 11.0 Å². The Bertz CT molecular complexity index is 825. The molecule has 1 amide bonds. The lowest BCUT2D eigenvalue weighted by atomic mass is 10.1. The number of benzene rings is 2. The SMILES string of the molecule is O=C(Nc1nc2ccccc2[nH]1)[C@@H]1C[C@H]1c1ccccc1Cl. The van der Waals surface area contributed by atoms with Gasteiger partial charge in [-0.1, -0.05) is 41.9 Å². The van der Waals surface area contributed by atoms with Crippen molar-refractivity contribution >= 4 is 34.5 Å². The van der Waals surface area contributed by atoms with Gasteiger partial charge in [0.25, 0.3) is 0 Å². The van der Waals surface area contributed by atoms with Gasteiger partial charge in [-0.05, 0) is 36.1 Å². The van der Waals surface area contributed by atoms with Crippen LogP contribution in [0.1, 0.15) is 17.9 Å². The van der Waals surface area contributed by atoms with Crippen molar-refractivity contribution in [1.29, 1.82) is 0 Å². The molecule has 0 radical (unpaired) electrons. The number of amides is 1. The molecule has 4 rings (SSSR count). The van der Waals surface area contributed by atoms with Gasteiger partial charge < -0.3 is 4.98 Å². The molecule has 0 bridgehead atoms. The fraction of sp³-hybridized carbons (Fsp3) is 0.176. The molecule has 2 atom stereocenters. The van der Waals surface area contributed by atoms with Gasteiger partial charge in [0.1, 0.15) is 0 Å². The van der Waals surface area contributed by atoms with Crippen LogP contribution in [0.5, 0.6) is 0 Å². The Balaban J connectivity index is 1.48. The van der Waals surface area contributed by atoms with Crippen LogP contribution >= 0.6 is 11.6 Å². The molecular weight excluding hydrogens is 298 g/mol. The van der Waals surface area contributed by atoms with E-state index in [1.54, 1.807) is 0 Å². The van der Waals surface area contributed by atoms with E-state index in [9.17, 15) is 4.79 Å². The smallest absolute Gasteiger partial charge is 0.230 e. The molecule has 5 heteroatoms. The molecule has 4 nitrogen and oxygen atoms in total. The average molecular weight is 312 g/mol. The molecule has 0 spiro atoms. The van der Waals surface area contributed by atoms with Gasteiger partial charge in [-0.2, -0.15) is 0 Å². The summed E-state index contributed by atoms with van der Waals surface area (Å²) in [4.78, 5) is 19.8. The highest BCUT2D eigenvalue weighted by Gasteiger charge is 2.45. The Labute approximate surface area is 132 Å². The van der Waals surface area contributed by atoms with E-state index in [4.69, 9.17) is 11.6 Å². The summed E-state index contributed by atoms with van der Waals surface area (Å²) in [6, 6.07) is 15.4. The normalized spacial score (nSPS) is 20.0. The number of H-pyrrole nitrogens is 1. The van der Waals surface area contributed by atoms with Crippen LogP contribution in [0.3, 0.4) is 0 Å². The molecule has 0 unspecified atom stereocenters. The topological polar surface area (TPSA) is 57.8 Å². The first-order valence-corrected chi connectivity index (χ1v) is 7.60. The molecule has 0 saturated heterocycles. The van der Waals surface area contributed by atoms with Crippen molar-refractivity contribution in [2.45, 2.75) is 12.3 Å². The van der Waals surface area contributed by atoms with E-state index in [0.29, 0.717) is 5.95 Å². The highest BCUT2D eigenvalue weighted by atomic mass is 35.5. The second-order valence-electron chi connectivity index (χ2n) is 5.56. The molecule has 2 N–H and O–H groups in total. The standard InChI is InChI=1S/C17H14ClN3O/c18-13-6-2-1-5-10(13)11-9-12(11)16(22)21-17-19-14-7-3-4-8-15(14)20-17/h1-8,11-12H,9H2,(H2,19,20,21,22)/t11-,12+/m0/s1. The summed E-state index contributed by atoms with van der Waals surface area (Å²) in [5, 5.41) is 3.59. The monoisotopic (exact) mass is 311 g/mol. The number of carbonyl (C=O) groups is 1. The number of fused-ring (bicyclic) bond motifs is 1. The lowest BCUT2D eigenvalue weighted by molar-refractivity contribution is -0.117. The van der Waals surface area contributed by atoms with Crippen molar-refractivity contribution in [3.63, 3.8) is 0 Å². The minimum atomic E-state index is -0.0342. The summed E-state index contributed by atoms with van der Waals surface area (Å²) < 4.78 is 0. The third kappa shape index (κ3) is 2.35. The number of hydrogen-bond donors (Lipinski definition) is 2. The van der Waals surface area contributed by atoms with Crippen LogP contribution in [0.4, 0.5) is 5.95 Å². The van der Waals surface area contributed by atoms with E-state index < -0.39 is 0 Å². The predicted molar refractivity (Wildman–Crippen MR) is 87.0 cm³/mol. The molecule has 1 aliphatic rings. The summed E-state index contributed by atoms with van der Waals surface area (Å²) in [5.74, 6) is 0.658. The molecule has 0 aliphatic heterocycles. The van der Waals surface area contributed by atoms with Crippen LogP contribution in [-0.2, 0) is 4.79 Å². The van der Waals surface area contributed by atoms with Crippen molar-refractivity contribution < 1.29 is 4.79 Å². The van der Waals surface area contributed by atoms with Crippen LogP contribution in [-0.4, -0.2) is 15.9 Å². The first-order valence-electron chi connectivity index (χ1n) is 7.22. The number of aromatic nitrogens is 2. The van der Waals surface area contributed by atoms with E-state index >= 15 is 0 Å². The Kier molecular flexibility index (Phi) is 3.12. The van der Waals surface area contributed by atoms with Gasteiger partial charge >= 0.3 is 0 Å². The maximum atomic E-state index is 12.3. The molecule has 1 aliphatic carbocycles. The first-order chi connectivity index (χ1) is 10.7. The number of aromatic amines is 1. The zero-order valence-corrected chi connectivity index (χ0v) is 12.5. The quantitative estimate of drug-likeness (QED) is 0.769. The number of nitrogens with zero attached hydrogens (tertiary/aromatic N) is 1. The van der Waals surface area contributed by atoms with Gasteiger partial charge in [-0.15, -0.1) is 0 Å². The van der Waals surface area contributed by atoms with E-state index in [1.807, 2.05) is 48.5 Å². The van der Waals surface area contributed by atoms with Crippen molar-refractivity contribution in [2.75, 3.05) is 5.32 Å². The van der Waals surface area contributed by atoms with E-state index in [1.165, 1.54) is 0 Å². The summed E-state index contributed by atoms with van der Waals surface area (Å²) in [5.41, 5.74) is 2.81. The Hall–Kier alpha value is -2.33. The molecule has 3 aromatic rings. The summed E-state index contributed by atoms with van der Waals surface area (Å²) in [6.07, 6.45) is 0.829. The average Bonchev–Trinajstić information content (AvgIpc) is 3.20. The number of nitrogens with one attached hydrogen (secondary N) is 2. The number of imidazole rings is 1. The van der Waals surface area contributed by atoms with Crippen LogP contribution < -0.4 is 5.32 Å². The Morgan fingerprint density at radius 2 is 1.95 bits per heavy atom. The summed E-state index contributed by atoms with van der Waals surface area (Å²) in [6.45, 7) is 0. The van der Waals surface area contributed by atoms with Crippen molar-refractivity contribution in [1.82, 2.24) is 9.97 Å². The van der Waals surface area contributed by atoms with Crippen molar-refractivity contribution in [2.24, 2.45) is 5.92 Å². The van der Waals surface area contributed by atoms with E-state index in [-0.39, 0.29) is 17.7 Å². The summed E-state index contributed by atoms with van der Waals surface area (Å²) >= 11 is 6.19. The molecule has 110 valence electrons. The molecule has 1 aromatic heterocycles. The van der Waals surface area contributed by atoms with E-state index in [0.717, 1.165) is 28.0 Å². The lowest BCUT2D eigenvalue weighted by Gasteiger charge is -2.03. The molecule has 1 fully saturated rings. The number of anilines is 1. The third-order valence-corrected chi connectivity index (χ3v) is 4.41. The molecular formula is C17H14ClN3O.